The normalized spacial score (nSPS) is 19.8. The Hall–Kier alpha value is -1.81. The summed E-state index contributed by atoms with van der Waals surface area (Å²) in [5.41, 5.74) is 1.07. The Labute approximate surface area is 132 Å². The molecule has 0 aromatic heterocycles. The summed E-state index contributed by atoms with van der Waals surface area (Å²) in [6.07, 6.45) is 7.35. The van der Waals surface area contributed by atoms with E-state index in [4.69, 9.17) is 14.2 Å². The Morgan fingerprint density at radius 3 is 2.73 bits per heavy atom. The van der Waals surface area contributed by atoms with Crippen molar-refractivity contribution < 1.29 is 19.0 Å². The van der Waals surface area contributed by atoms with E-state index >= 15 is 0 Å². The third-order valence-corrected chi connectivity index (χ3v) is 3.75. The van der Waals surface area contributed by atoms with Crippen molar-refractivity contribution in [1.29, 1.82) is 0 Å². The Bertz CT molecular complexity index is 486. The molecule has 4 heteroatoms. The van der Waals surface area contributed by atoms with Crippen molar-refractivity contribution in [3.05, 3.63) is 42.0 Å². The van der Waals surface area contributed by atoms with Gasteiger partial charge < -0.3 is 14.2 Å². The van der Waals surface area contributed by atoms with Crippen molar-refractivity contribution in [1.82, 2.24) is 0 Å². The van der Waals surface area contributed by atoms with Crippen LogP contribution < -0.4 is 4.74 Å². The second kappa shape index (κ2) is 8.59. The summed E-state index contributed by atoms with van der Waals surface area (Å²) < 4.78 is 16.1. The van der Waals surface area contributed by atoms with E-state index in [1.807, 2.05) is 43.3 Å². The highest BCUT2D eigenvalue weighted by Gasteiger charge is 2.16. The smallest absolute Gasteiger partial charge is 0.306 e. The van der Waals surface area contributed by atoms with Crippen LogP contribution in [0, 0.1) is 0 Å². The predicted molar refractivity (Wildman–Crippen MR) is 84.8 cm³/mol. The zero-order valence-corrected chi connectivity index (χ0v) is 13.3. The van der Waals surface area contributed by atoms with Gasteiger partial charge in [-0.3, -0.25) is 4.79 Å². The van der Waals surface area contributed by atoms with Crippen molar-refractivity contribution in [3.8, 4) is 5.75 Å². The summed E-state index contributed by atoms with van der Waals surface area (Å²) in [5.74, 6) is 0.615. The van der Waals surface area contributed by atoms with Crippen molar-refractivity contribution in [3.63, 3.8) is 0 Å². The van der Waals surface area contributed by atoms with Crippen LogP contribution in [0.1, 0.15) is 44.1 Å². The predicted octanol–water partition coefficient (Wildman–Crippen LogP) is 3.81. The van der Waals surface area contributed by atoms with Crippen molar-refractivity contribution in [2.45, 2.75) is 44.8 Å². The van der Waals surface area contributed by atoms with Gasteiger partial charge in [-0.05, 0) is 37.5 Å². The van der Waals surface area contributed by atoms with Crippen molar-refractivity contribution >= 4 is 5.97 Å². The van der Waals surface area contributed by atoms with E-state index in [1.165, 1.54) is 7.11 Å². The molecule has 1 fully saturated rings. The zero-order chi connectivity index (χ0) is 15.8. The molecular formula is C18H24O4. The van der Waals surface area contributed by atoms with Gasteiger partial charge in [-0.1, -0.05) is 24.3 Å². The molecule has 1 aromatic carbocycles. The fourth-order valence-electron chi connectivity index (χ4n) is 2.54. The molecule has 0 radical (unpaired) electrons. The van der Waals surface area contributed by atoms with Crippen LogP contribution in [0.4, 0.5) is 0 Å². The molecule has 120 valence electrons. The van der Waals surface area contributed by atoms with Crippen LogP contribution in [-0.4, -0.2) is 26.0 Å². The van der Waals surface area contributed by atoms with Crippen molar-refractivity contribution in [2.24, 2.45) is 0 Å². The fourth-order valence-corrected chi connectivity index (χ4v) is 2.54. The average Bonchev–Trinajstić information content (AvgIpc) is 2.56. The van der Waals surface area contributed by atoms with Gasteiger partial charge in [0.15, 0.2) is 6.29 Å². The molecule has 22 heavy (non-hydrogen) atoms. The van der Waals surface area contributed by atoms with Gasteiger partial charge in [0, 0.05) is 12.3 Å². The van der Waals surface area contributed by atoms with E-state index in [0.29, 0.717) is 6.42 Å². The number of esters is 1. The minimum atomic E-state index is -0.209. The maximum absolute atomic E-state index is 11.5. The lowest BCUT2D eigenvalue weighted by molar-refractivity contribution is -0.140. The van der Waals surface area contributed by atoms with Gasteiger partial charge in [-0.15, -0.1) is 0 Å². The first-order chi connectivity index (χ1) is 10.7. The maximum atomic E-state index is 11.5. The highest BCUT2D eigenvalue weighted by Crippen LogP contribution is 2.25. The molecule has 1 heterocycles. The molecule has 2 rings (SSSR count). The summed E-state index contributed by atoms with van der Waals surface area (Å²) in [6.45, 7) is 2.72. The highest BCUT2D eigenvalue weighted by atomic mass is 16.7. The lowest BCUT2D eigenvalue weighted by Gasteiger charge is -2.23. The molecule has 1 saturated heterocycles. The molecule has 0 amide bonds. The van der Waals surface area contributed by atoms with Gasteiger partial charge in [0.25, 0.3) is 0 Å². The maximum Gasteiger partial charge on any atom is 0.306 e. The zero-order valence-electron chi connectivity index (χ0n) is 13.3. The Morgan fingerprint density at radius 2 is 2.14 bits per heavy atom. The standard InChI is InChI=1S/C18H24O4/c1-3-6-15(13-17(19)20-2)14-8-10-16(11-9-14)22-18-7-4-5-12-21-18/h3,6,8-11,15,18H,4-5,7,12-13H2,1-2H3/b6-3-. The lowest BCUT2D eigenvalue weighted by Crippen LogP contribution is -2.24. The van der Waals surface area contributed by atoms with E-state index in [9.17, 15) is 4.79 Å². The van der Waals surface area contributed by atoms with Crippen LogP contribution >= 0.6 is 0 Å². The molecule has 1 aliphatic rings. The molecule has 4 nitrogen and oxygen atoms in total. The van der Waals surface area contributed by atoms with Gasteiger partial charge in [-0.25, -0.2) is 0 Å². The molecular weight excluding hydrogens is 280 g/mol. The summed E-state index contributed by atoms with van der Waals surface area (Å²) in [5, 5.41) is 0. The summed E-state index contributed by atoms with van der Waals surface area (Å²) in [6, 6.07) is 7.85. The van der Waals surface area contributed by atoms with E-state index in [1.54, 1.807) is 0 Å². The molecule has 0 N–H and O–H groups in total. The fraction of sp³-hybridized carbons (Fsp3) is 0.500. The van der Waals surface area contributed by atoms with Crippen LogP contribution in [0.5, 0.6) is 5.75 Å². The topological polar surface area (TPSA) is 44.8 Å². The number of hydrogen-bond acceptors (Lipinski definition) is 4. The van der Waals surface area contributed by atoms with Crippen LogP contribution in [0.15, 0.2) is 36.4 Å². The number of methoxy groups -OCH3 is 1. The quantitative estimate of drug-likeness (QED) is 0.592. The Kier molecular flexibility index (Phi) is 6.46. The first-order valence-electron chi connectivity index (χ1n) is 7.80. The SMILES string of the molecule is C/C=C\C(CC(=O)OC)c1ccc(OC2CCCCO2)cc1. The number of benzene rings is 1. The highest BCUT2D eigenvalue weighted by molar-refractivity contribution is 5.70. The minimum absolute atomic E-state index is 0.0254. The molecule has 0 bridgehead atoms. The average molecular weight is 304 g/mol. The van der Waals surface area contributed by atoms with Gasteiger partial charge in [-0.2, -0.15) is 0 Å². The van der Waals surface area contributed by atoms with E-state index in [2.05, 4.69) is 0 Å². The number of hydrogen-bond donors (Lipinski definition) is 0. The molecule has 2 unspecified atom stereocenters. The summed E-state index contributed by atoms with van der Waals surface area (Å²) in [4.78, 5) is 11.5. The largest absolute Gasteiger partial charge is 0.469 e. The number of carbonyl (C=O) groups excluding carboxylic acids is 1. The molecule has 0 spiro atoms. The second-order valence-electron chi connectivity index (χ2n) is 5.40. The second-order valence-corrected chi connectivity index (χ2v) is 5.40. The van der Waals surface area contributed by atoms with Crippen molar-refractivity contribution in [2.75, 3.05) is 13.7 Å². The Morgan fingerprint density at radius 1 is 1.36 bits per heavy atom. The molecule has 1 aromatic rings. The van der Waals surface area contributed by atoms with Crippen LogP contribution in [0.25, 0.3) is 0 Å². The summed E-state index contributed by atoms with van der Waals surface area (Å²) >= 11 is 0. The van der Waals surface area contributed by atoms with E-state index in [0.717, 1.165) is 37.2 Å². The van der Waals surface area contributed by atoms with E-state index in [-0.39, 0.29) is 18.2 Å². The molecule has 1 aliphatic heterocycles. The summed E-state index contributed by atoms with van der Waals surface area (Å²) in [7, 11) is 1.41. The molecule has 0 saturated carbocycles. The van der Waals surface area contributed by atoms with Gasteiger partial charge >= 0.3 is 5.97 Å². The Balaban J connectivity index is 2.00. The van der Waals surface area contributed by atoms with Crippen LogP contribution in [0.2, 0.25) is 0 Å². The van der Waals surface area contributed by atoms with Gasteiger partial charge in [0.05, 0.1) is 20.1 Å². The number of ether oxygens (including phenoxy) is 3. The first-order valence-corrected chi connectivity index (χ1v) is 7.80. The number of rotatable bonds is 6. The van der Waals surface area contributed by atoms with Crippen LogP contribution in [0.3, 0.4) is 0 Å². The number of allylic oxidation sites excluding steroid dienone is 2. The molecule has 0 aliphatic carbocycles. The van der Waals surface area contributed by atoms with Gasteiger partial charge in [0.2, 0.25) is 0 Å². The minimum Gasteiger partial charge on any atom is -0.469 e. The third kappa shape index (κ3) is 4.88. The van der Waals surface area contributed by atoms with Crippen LogP contribution in [-0.2, 0) is 14.3 Å². The number of carbonyl (C=O) groups is 1. The third-order valence-electron chi connectivity index (χ3n) is 3.75. The first kappa shape index (κ1) is 16.6. The monoisotopic (exact) mass is 304 g/mol. The molecule has 2 atom stereocenters. The lowest BCUT2D eigenvalue weighted by atomic mass is 9.95. The van der Waals surface area contributed by atoms with Gasteiger partial charge in [0.1, 0.15) is 5.75 Å². The van der Waals surface area contributed by atoms with E-state index < -0.39 is 0 Å².